The van der Waals surface area contributed by atoms with Crippen molar-refractivity contribution in [3.8, 4) is 0 Å². The summed E-state index contributed by atoms with van der Waals surface area (Å²) in [6, 6.07) is 0. The van der Waals surface area contributed by atoms with E-state index in [0.29, 0.717) is 5.92 Å². The van der Waals surface area contributed by atoms with Gasteiger partial charge in [-0.25, -0.2) is 0 Å². The Labute approximate surface area is 107 Å². The van der Waals surface area contributed by atoms with Crippen LogP contribution in [0.1, 0.15) is 31.0 Å². The molecule has 0 bridgehead atoms. The summed E-state index contributed by atoms with van der Waals surface area (Å²) in [7, 11) is 0. The summed E-state index contributed by atoms with van der Waals surface area (Å²) in [6.07, 6.45) is 5.37. The molecule has 5 nitrogen and oxygen atoms in total. The number of ether oxygens (including phenoxy) is 1. The minimum absolute atomic E-state index is 0.578. The number of aryl methyl sites for hydroxylation is 1. The van der Waals surface area contributed by atoms with E-state index in [0.717, 1.165) is 69.6 Å². The summed E-state index contributed by atoms with van der Waals surface area (Å²) in [6.45, 7) is 4.02. The lowest BCUT2D eigenvalue weighted by molar-refractivity contribution is 0.185. The molecule has 2 atom stereocenters. The Morgan fingerprint density at radius 2 is 2.28 bits per heavy atom. The van der Waals surface area contributed by atoms with Crippen LogP contribution in [0.3, 0.4) is 0 Å². The topological polar surface area (TPSA) is 60.2 Å². The lowest BCUT2D eigenvalue weighted by Gasteiger charge is -2.04. The van der Waals surface area contributed by atoms with Crippen LogP contribution in [0.5, 0.6) is 0 Å². The van der Waals surface area contributed by atoms with Gasteiger partial charge in [0.15, 0.2) is 5.82 Å². The molecule has 100 valence electrons. The Bertz CT molecular complexity index is 368. The molecule has 2 saturated heterocycles. The Balaban J connectivity index is 1.46. The van der Waals surface area contributed by atoms with Crippen LogP contribution in [-0.4, -0.2) is 36.4 Å². The molecular weight excluding hydrogens is 230 g/mol. The summed E-state index contributed by atoms with van der Waals surface area (Å²) in [5, 5.41) is 7.45. The zero-order valence-corrected chi connectivity index (χ0v) is 10.7. The van der Waals surface area contributed by atoms with E-state index in [1.165, 1.54) is 6.42 Å². The third-order valence-corrected chi connectivity index (χ3v) is 3.93. The van der Waals surface area contributed by atoms with Crippen LogP contribution in [0.4, 0.5) is 0 Å². The fraction of sp³-hybridized carbons (Fsp3) is 0.846. The van der Waals surface area contributed by atoms with Gasteiger partial charge in [0.05, 0.1) is 0 Å². The lowest BCUT2D eigenvalue weighted by atomic mass is 10.0. The second-order valence-electron chi connectivity index (χ2n) is 5.44. The highest BCUT2D eigenvalue weighted by molar-refractivity contribution is 4.90. The fourth-order valence-corrected chi connectivity index (χ4v) is 2.77. The van der Waals surface area contributed by atoms with Gasteiger partial charge in [-0.15, -0.1) is 0 Å². The minimum Gasteiger partial charge on any atom is -0.381 e. The number of nitrogens with one attached hydrogen (secondary N) is 1. The standard InChI is InChI=1S/C13H21N3O2/c1(10-3-5-14-8-10)2-13-15-12(16-18-13)7-11-4-6-17-9-11/h10-11,14H,1-9H2. The van der Waals surface area contributed by atoms with Gasteiger partial charge in [0.1, 0.15) is 0 Å². The van der Waals surface area contributed by atoms with Crippen LogP contribution < -0.4 is 5.32 Å². The summed E-state index contributed by atoms with van der Waals surface area (Å²) in [5.41, 5.74) is 0. The minimum atomic E-state index is 0.578. The highest BCUT2D eigenvalue weighted by Gasteiger charge is 2.20. The molecule has 5 heteroatoms. The van der Waals surface area contributed by atoms with Crippen molar-refractivity contribution in [1.82, 2.24) is 15.5 Å². The summed E-state index contributed by atoms with van der Waals surface area (Å²) in [5.74, 6) is 3.01. The molecule has 3 heterocycles. The van der Waals surface area contributed by atoms with Crippen LogP contribution in [0, 0.1) is 11.8 Å². The van der Waals surface area contributed by atoms with Gasteiger partial charge in [-0.05, 0) is 44.2 Å². The first kappa shape index (κ1) is 12.1. The maximum Gasteiger partial charge on any atom is 0.226 e. The predicted molar refractivity (Wildman–Crippen MR) is 66.2 cm³/mol. The largest absolute Gasteiger partial charge is 0.381 e. The molecule has 1 aromatic rings. The van der Waals surface area contributed by atoms with Crippen molar-refractivity contribution in [3.05, 3.63) is 11.7 Å². The molecule has 18 heavy (non-hydrogen) atoms. The summed E-state index contributed by atoms with van der Waals surface area (Å²) in [4.78, 5) is 4.48. The van der Waals surface area contributed by atoms with Gasteiger partial charge < -0.3 is 14.6 Å². The van der Waals surface area contributed by atoms with Gasteiger partial charge in [-0.3, -0.25) is 0 Å². The molecule has 0 aromatic carbocycles. The van der Waals surface area contributed by atoms with Gasteiger partial charge in [0.25, 0.3) is 0 Å². The number of hydrogen-bond donors (Lipinski definition) is 1. The highest BCUT2D eigenvalue weighted by atomic mass is 16.5. The average molecular weight is 251 g/mol. The summed E-state index contributed by atoms with van der Waals surface area (Å²) < 4.78 is 10.7. The molecule has 2 aliphatic rings. The van der Waals surface area contributed by atoms with E-state index in [-0.39, 0.29) is 0 Å². The third-order valence-electron chi connectivity index (χ3n) is 3.93. The van der Waals surface area contributed by atoms with E-state index in [1.807, 2.05) is 0 Å². The Hall–Kier alpha value is -0.940. The molecule has 0 aliphatic carbocycles. The third kappa shape index (κ3) is 3.09. The summed E-state index contributed by atoms with van der Waals surface area (Å²) >= 11 is 0. The Morgan fingerprint density at radius 1 is 1.28 bits per heavy atom. The molecule has 2 fully saturated rings. The zero-order chi connectivity index (χ0) is 12.2. The van der Waals surface area contributed by atoms with Crippen LogP contribution in [0.15, 0.2) is 4.52 Å². The molecule has 2 unspecified atom stereocenters. The van der Waals surface area contributed by atoms with Crippen molar-refractivity contribution >= 4 is 0 Å². The van der Waals surface area contributed by atoms with Gasteiger partial charge in [-0.1, -0.05) is 5.16 Å². The Morgan fingerprint density at radius 3 is 3.06 bits per heavy atom. The molecule has 2 aliphatic heterocycles. The maximum atomic E-state index is 5.36. The monoisotopic (exact) mass is 251 g/mol. The van der Waals surface area contributed by atoms with E-state index in [1.54, 1.807) is 0 Å². The van der Waals surface area contributed by atoms with Crippen molar-refractivity contribution in [3.63, 3.8) is 0 Å². The fourth-order valence-electron chi connectivity index (χ4n) is 2.77. The van der Waals surface area contributed by atoms with Crippen LogP contribution in [-0.2, 0) is 17.6 Å². The van der Waals surface area contributed by atoms with E-state index in [4.69, 9.17) is 9.26 Å². The van der Waals surface area contributed by atoms with Gasteiger partial charge in [-0.2, -0.15) is 4.98 Å². The molecule has 0 saturated carbocycles. The molecular formula is C13H21N3O2. The molecule has 1 N–H and O–H groups in total. The smallest absolute Gasteiger partial charge is 0.226 e. The van der Waals surface area contributed by atoms with Crippen molar-refractivity contribution < 1.29 is 9.26 Å². The quantitative estimate of drug-likeness (QED) is 0.852. The van der Waals surface area contributed by atoms with Crippen LogP contribution >= 0.6 is 0 Å². The Kier molecular flexibility index (Phi) is 3.90. The second-order valence-corrected chi connectivity index (χ2v) is 5.44. The average Bonchev–Trinajstić information content (AvgIpc) is 3.09. The normalized spacial score (nSPS) is 28.0. The SMILES string of the molecule is C1CC(CCc2nc(CC3CCOC3)no2)CN1. The van der Waals surface area contributed by atoms with Gasteiger partial charge in [0.2, 0.25) is 5.89 Å². The second kappa shape index (κ2) is 5.80. The van der Waals surface area contributed by atoms with E-state index in [2.05, 4.69) is 15.5 Å². The van der Waals surface area contributed by atoms with Crippen molar-refractivity contribution in [2.45, 2.75) is 32.1 Å². The first-order valence-corrected chi connectivity index (χ1v) is 7.00. The lowest BCUT2D eigenvalue weighted by Crippen LogP contribution is -2.09. The molecule has 0 spiro atoms. The molecule has 1 aromatic heterocycles. The van der Waals surface area contributed by atoms with E-state index in [9.17, 15) is 0 Å². The van der Waals surface area contributed by atoms with Crippen LogP contribution in [0.2, 0.25) is 0 Å². The molecule has 0 radical (unpaired) electrons. The van der Waals surface area contributed by atoms with Crippen molar-refractivity contribution in [2.24, 2.45) is 11.8 Å². The number of rotatable bonds is 5. The first-order chi connectivity index (χ1) is 8.90. The van der Waals surface area contributed by atoms with Gasteiger partial charge >= 0.3 is 0 Å². The highest BCUT2D eigenvalue weighted by Crippen LogP contribution is 2.18. The van der Waals surface area contributed by atoms with Crippen LogP contribution in [0.25, 0.3) is 0 Å². The first-order valence-electron chi connectivity index (χ1n) is 7.00. The predicted octanol–water partition coefficient (Wildman–Crippen LogP) is 1.19. The number of hydrogen-bond acceptors (Lipinski definition) is 5. The molecule has 0 amide bonds. The number of nitrogens with zero attached hydrogens (tertiary/aromatic N) is 2. The molecule has 3 rings (SSSR count). The van der Waals surface area contributed by atoms with E-state index < -0.39 is 0 Å². The zero-order valence-electron chi connectivity index (χ0n) is 10.7. The number of aromatic nitrogens is 2. The maximum absolute atomic E-state index is 5.36. The van der Waals surface area contributed by atoms with Gasteiger partial charge in [0, 0.05) is 26.1 Å². The van der Waals surface area contributed by atoms with Crippen molar-refractivity contribution in [2.75, 3.05) is 26.3 Å². The van der Waals surface area contributed by atoms with Crippen molar-refractivity contribution in [1.29, 1.82) is 0 Å². The van der Waals surface area contributed by atoms with E-state index >= 15 is 0 Å².